The fourth-order valence-electron chi connectivity index (χ4n) is 4.39. The van der Waals surface area contributed by atoms with Gasteiger partial charge in [-0.05, 0) is 42.0 Å². The lowest BCUT2D eigenvalue weighted by Crippen LogP contribution is -2.73. The first-order valence-electron chi connectivity index (χ1n) is 10.3. The van der Waals surface area contributed by atoms with Crippen LogP contribution in [0.25, 0.3) is 0 Å². The van der Waals surface area contributed by atoms with Crippen LogP contribution in [0.3, 0.4) is 0 Å². The molecule has 0 spiro atoms. The van der Waals surface area contributed by atoms with Crippen molar-refractivity contribution in [3.05, 3.63) is 65.5 Å². The topological polar surface area (TPSA) is 82.1 Å². The number of amides is 3. The number of urea groups is 1. The average molecular weight is 437 g/mol. The minimum atomic E-state index is -0.417. The van der Waals surface area contributed by atoms with E-state index in [1.54, 1.807) is 12.0 Å². The molecule has 0 aromatic heterocycles. The van der Waals surface area contributed by atoms with Gasteiger partial charge in [-0.15, -0.1) is 0 Å². The molecule has 32 heavy (non-hydrogen) atoms. The molecular formula is C24H24FN3O4. The number of halogens is 1. The molecule has 7 nitrogen and oxygen atoms in total. The summed E-state index contributed by atoms with van der Waals surface area (Å²) in [5.74, 6) is 5.23. The van der Waals surface area contributed by atoms with Gasteiger partial charge in [0.05, 0.1) is 18.7 Å². The zero-order valence-electron chi connectivity index (χ0n) is 17.6. The maximum absolute atomic E-state index is 13.1. The predicted octanol–water partition coefficient (Wildman–Crippen LogP) is 2.03. The monoisotopic (exact) mass is 437 g/mol. The predicted molar refractivity (Wildman–Crippen MR) is 116 cm³/mol. The van der Waals surface area contributed by atoms with E-state index in [1.807, 2.05) is 24.3 Å². The normalized spacial score (nSPS) is 21.8. The van der Waals surface area contributed by atoms with Crippen molar-refractivity contribution in [3.63, 3.8) is 0 Å². The van der Waals surface area contributed by atoms with Crippen molar-refractivity contribution in [1.29, 1.82) is 0 Å². The Balaban J connectivity index is 1.48. The highest BCUT2D eigenvalue weighted by Crippen LogP contribution is 2.42. The number of fused-ring (bicyclic) bond motifs is 1. The first-order chi connectivity index (χ1) is 15.5. The maximum Gasteiger partial charge on any atom is 0.322 e. The number of ether oxygens (including phenoxy) is 1. The van der Waals surface area contributed by atoms with E-state index in [1.165, 1.54) is 29.2 Å². The third-order valence-corrected chi connectivity index (χ3v) is 5.88. The second-order valence-corrected chi connectivity index (χ2v) is 7.82. The van der Waals surface area contributed by atoms with E-state index in [0.29, 0.717) is 18.8 Å². The molecule has 0 saturated carbocycles. The van der Waals surface area contributed by atoms with Crippen molar-refractivity contribution in [1.82, 2.24) is 9.80 Å². The van der Waals surface area contributed by atoms with Crippen LogP contribution in [0.4, 0.5) is 14.9 Å². The number of nitrogens with zero attached hydrogens (tertiary/aromatic N) is 2. The van der Waals surface area contributed by atoms with E-state index >= 15 is 0 Å². The molecule has 2 saturated heterocycles. The number of methoxy groups -OCH3 is 1. The van der Waals surface area contributed by atoms with Gasteiger partial charge >= 0.3 is 6.03 Å². The molecule has 4 rings (SSSR count). The molecule has 2 aliphatic rings. The molecule has 2 aromatic rings. The Morgan fingerprint density at radius 3 is 2.59 bits per heavy atom. The minimum Gasteiger partial charge on any atom is -0.394 e. The molecule has 0 radical (unpaired) electrons. The number of aliphatic hydroxyl groups excluding tert-OH is 1. The molecule has 2 N–H and O–H groups in total. The Labute approximate surface area is 185 Å². The SMILES string of the molecule is COCC#Cc1ccc([C@H]2[C@@H](CO)N3C(=O)CN(C(=O)Nc4ccc(F)cc4)C[C@H]23)cc1. The van der Waals surface area contributed by atoms with Gasteiger partial charge in [-0.3, -0.25) is 4.79 Å². The summed E-state index contributed by atoms with van der Waals surface area (Å²) >= 11 is 0. The van der Waals surface area contributed by atoms with Crippen molar-refractivity contribution in [2.75, 3.05) is 38.7 Å². The van der Waals surface area contributed by atoms with Crippen LogP contribution < -0.4 is 5.32 Å². The van der Waals surface area contributed by atoms with Crippen LogP contribution in [0.5, 0.6) is 0 Å². The highest BCUT2D eigenvalue weighted by molar-refractivity contribution is 5.93. The summed E-state index contributed by atoms with van der Waals surface area (Å²) in [6, 6.07) is 12.2. The van der Waals surface area contributed by atoms with E-state index in [9.17, 15) is 19.1 Å². The third kappa shape index (κ3) is 4.31. The summed E-state index contributed by atoms with van der Waals surface area (Å²) in [5.41, 5.74) is 2.29. The highest BCUT2D eigenvalue weighted by Gasteiger charge is 2.54. The number of nitrogens with one attached hydrogen (secondary N) is 1. The van der Waals surface area contributed by atoms with Crippen LogP contribution in [0.1, 0.15) is 17.0 Å². The van der Waals surface area contributed by atoms with Gasteiger partial charge in [0.2, 0.25) is 5.91 Å². The van der Waals surface area contributed by atoms with E-state index in [0.717, 1.165) is 11.1 Å². The van der Waals surface area contributed by atoms with Crippen LogP contribution in [0.15, 0.2) is 48.5 Å². The quantitative estimate of drug-likeness (QED) is 0.718. The summed E-state index contributed by atoms with van der Waals surface area (Å²) in [4.78, 5) is 28.6. The number of piperazine rings is 1. The number of carbonyl (C=O) groups excluding carboxylic acids is 2. The Kier molecular flexibility index (Phi) is 6.40. The molecule has 3 amide bonds. The summed E-state index contributed by atoms with van der Waals surface area (Å²) in [5, 5.41) is 12.6. The third-order valence-electron chi connectivity index (χ3n) is 5.88. The second kappa shape index (κ2) is 9.39. The number of hydrogen-bond acceptors (Lipinski definition) is 4. The number of rotatable bonds is 4. The van der Waals surface area contributed by atoms with Gasteiger partial charge in [-0.1, -0.05) is 24.0 Å². The summed E-state index contributed by atoms with van der Waals surface area (Å²) in [7, 11) is 1.59. The standard InChI is InChI=1S/C24H24FN3O4/c1-32-12-2-3-16-4-6-17(7-5-16)23-20-13-27(14-22(30)28(20)21(23)15-29)24(31)26-19-10-8-18(25)9-11-19/h4-11,20-21,23,29H,12-15H2,1H3,(H,26,31)/t20-,21-,23-/m1/s1. The lowest BCUT2D eigenvalue weighted by Gasteiger charge is -2.58. The van der Waals surface area contributed by atoms with E-state index < -0.39 is 11.8 Å². The maximum atomic E-state index is 13.1. The molecule has 8 heteroatoms. The molecule has 0 aliphatic carbocycles. The molecular weight excluding hydrogens is 413 g/mol. The van der Waals surface area contributed by atoms with E-state index in [4.69, 9.17) is 4.74 Å². The molecule has 2 aliphatic heterocycles. The van der Waals surface area contributed by atoms with Crippen molar-refractivity contribution in [2.24, 2.45) is 0 Å². The molecule has 0 unspecified atom stereocenters. The van der Waals surface area contributed by atoms with Crippen LogP contribution in [0, 0.1) is 17.7 Å². The fraction of sp³-hybridized carbons (Fsp3) is 0.333. The number of carbonyl (C=O) groups is 2. The highest BCUT2D eigenvalue weighted by atomic mass is 19.1. The van der Waals surface area contributed by atoms with E-state index in [-0.39, 0.29) is 37.1 Å². The average Bonchev–Trinajstić information content (AvgIpc) is 2.78. The van der Waals surface area contributed by atoms with Gasteiger partial charge in [0.15, 0.2) is 0 Å². The van der Waals surface area contributed by atoms with Crippen molar-refractivity contribution >= 4 is 17.6 Å². The van der Waals surface area contributed by atoms with E-state index in [2.05, 4.69) is 17.2 Å². The second-order valence-electron chi connectivity index (χ2n) is 7.82. The van der Waals surface area contributed by atoms with Crippen LogP contribution >= 0.6 is 0 Å². The van der Waals surface area contributed by atoms with Crippen molar-refractivity contribution in [2.45, 2.75) is 18.0 Å². The molecule has 2 fully saturated rings. The summed E-state index contributed by atoms with van der Waals surface area (Å²) < 4.78 is 18.0. The van der Waals surface area contributed by atoms with Gasteiger partial charge in [-0.2, -0.15) is 0 Å². The lowest BCUT2D eigenvalue weighted by atomic mass is 9.73. The van der Waals surface area contributed by atoms with Gasteiger partial charge < -0.3 is 25.0 Å². The Morgan fingerprint density at radius 1 is 1.22 bits per heavy atom. The molecule has 2 aromatic carbocycles. The fourth-order valence-corrected chi connectivity index (χ4v) is 4.39. The summed E-state index contributed by atoms with van der Waals surface area (Å²) in [6.07, 6.45) is 0. The van der Waals surface area contributed by atoms with Gasteiger partial charge in [0, 0.05) is 30.8 Å². The van der Waals surface area contributed by atoms with Gasteiger partial charge in [0.1, 0.15) is 19.0 Å². The Morgan fingerprint density at radius 2 is 1.94 bits per heavy atom. The van der Waals surface area contributed by atoms with Crippen LogP contribution in [0.2, 0.25) is 0 Å². The number of benzene rings is 2. The molecule has 166 valence electrons. The lowest BCUT2D eigenvalue weighted by molar-refractivity contribution is -0.159. The van der Waals surface area contributed by atoms with Crippen molar-refractivity contribution < 1.29 is 23.8 Å². The number of aliphatic hydroxyl groups is 1. The Bertz CT molecular complexity index is 1050. The minimum absolute atomic E-state index is 0.0687. The van der Waals surface area contributed by atoms with Gasteiger partial charge in [0.25, 0.3) is 0 Å². The first kappa shape index (κ1) is 21.8. The smallest absolute Gasteiger partial charge is 0.322 e. The molecule has 0 bridgehead atoms. The van der Waals surface area contributed by atoms with Crippen molar-refractivity contribution in [3.8, 4) is 11.8 Å². The molecule has 2 heterocycles. The van der Waals surface area contributed by atoms with Gasteiger partial charge in [-0.25, -0.2) is 9.18 Å². The zero-order chi connectivity index (χ0) is 22.7. The first-order valence-corrected chi connectivity index (χ1v) is 10.3. The largest absolute Gasteiger partial charge is 0.394 e. The summed E-state index contributed by atoms with van der Waals surface area (Å²) in [6.45, 7) is 0.478. The van der Waals surface area contributed by atoms with Crippen LogP contribution in [-0.2, 0) is 9.53 Å². The number of hydrogen-bond donors (Lipinski definition) is 2. The Hall–Kier alpha value is -3.41. The van der Waals surface area contributed by atoms with Crippen LogP contribution in [-0.4, -0.2) is 72.3 Å². The molecule has 3 atom stereocenters. The number of anilines is 1. The zero-order valence-corrected chi connectivity index (χ0v) is 17.6.